The highest BCUT2D eigenvalue weighted by Crippen LogP contribution is 2.65. The van der Waals surface area contributed by atoms with Gasteiger partial charge in [-0.05, 0) is 96.1 Å². The van der Waals surface area contributed by atoms with Gasteiger partial charge in [0.25, 0.3) is 5.91 Å². The molecule has 1 aromatic heterocycles. The maximum Gasteiger partial charge on any atom is 0.482 e. The molecule has 14 nitrogen and oxygen atoms in total. The molecule has 0 radical (unpaired) electrons. The van der Waals surface area contributed by atoms with E-state index in [-0.39, 0.29) is 47.0 Å². The number of oxime groups is 1. The molecule has 2 amide bonds. The number of nitrogens with zero attached hydrogens (tertiary/aromatic N) is 3. The van der Waals surface area contributed by atoms with E-state index < -0.39 is 47.8 Å². The zero-order valence-electron chi connectivity index (χ0n) is 38.8. The van der Waals surface area contributed by atoms with Crippen molar-refractivity contribution in [3.8, 4) is 5.75 Å². The topological polar surface area (TPSA) is 156 Å². The van der Waals surface area contributed by atoms with Gasteiger partial charge in [-0.15, -0.1) is 11.3 Å². The second-order valence-electron chi connectivity index (χ2n) is 20.7. The standard InChI is InChI=1S/C47H64BN5O9S/c1-44(2,3)59-41(55)37-31(26-53(10)21-15-16-22-53)20-19-30(39(37)57-11)23-36(48-61-35-25-32-24-34(46(32,7)8)47(35,9)62-48)50-40(54)38(52-58-27-29-17-13-12-14-18-29)33-28-63-42(49-33)51-43(56)60-45(4,5)6/h12-14,17-20,28,32,34-36H,15-16,21-27H2,1-11H3,(H-,49,50,51,54,56)/p+1/b52-38-/t32-,34+,35?,36+,47+/m1/s1. The van der Waals surface area contributed by atoms with Crippen molar-refractivity contribution in [2.24, 2.45) is 22.4 Å². The summed E-state index contributed by atoms with van der Waals surface area (Å²) in [4.78, 5) is 52.1. The van der Waals surface area contributed by atoms with E-state index in [0.29, 0.717) is 29.3 Å². The van der Waals surface area contributed by atoms with Gasteiger partial charge in [-0.1, -0.05) is 61.5 Å². The molecule has 5 fully saturated rings. The molecule has 5 aliphatic rings. The van der Waals surface area contributed by atoms with Crippen molar-refractivity contribution in [1.29, 1.82) is 0 Å². The number of hydrogen-bond donors (Lipinski definition) is 2. The summed E-state index contributed by atoms with van der Waals surface area (Å²) in [5, 5.41) is 12.1. The number of methoxy groups -OCH3 is 1. The number of rotatable bonds is 14. The first-order chi connectivity index (χ1) is 29.6. The van der Waals surface area contributed by atoms with Crippen LogP contribution in [0.15, 0.2) is 53.0 Å². The van der Waals surface area contributed by atoms with E-state index in [9.17, 15) is 14.4 Å². The van der Waals surface area contributed by atoms with E-state index in [1.807, 2.05) is 63.2 Å². The van der Waals surface area contributed by atoms with Crippen LogP contribution in [-0.2, 0) is 48.0 Å². The molecule has 2 bridgehead atoms. The Balaban J connectivity index is 1.25. The van der Waals surface area contributed by atoms with Crippen molar-refractivity contribution >= 4 is 47.3 Å². The summed E-state index contributed by atoms with van der Waals surface area (Å²) >= 11 is 1.12. The van der Waals surface area contributed by atoms with Crippen LogP contribution in [0.25, 0.3) is 0 Å². The van der Waals surface area contributed by atoms with Gasteiger partial charge in [-0.25, -0.2) is 14.6 Å². The van der Waals surface area contributed by atoms with Gasteiger partial charge in [0.15, 0.2) is 10.8 Å². The van der Waals surface area contributed by atoms with Crippen molar-refractivity contribution in [1.82, 2.24) is 10.3 Å². The SMILES string of the molecule is COc1c(C[C@H](NC(=O)/C(=N\OCc2ccccc2)c2csc(NC(=O)OC(C)(C)C)n2)B2OC3C[C@H]4C[C@@H](C4(C)C)[C@]3(C)O2)ccc(C[N+]2(C)CCCC2)c1C(=O)OC(C)(C)C. The van der Waals surface area contributed by atoms with Gasteiger partial charge in [-0.2, -0.15) is 0 Å². The van der Waals surface area contributed by atoms with Crippen molar-refractivity contribution < 1.29 is 47.2 Å². The van der Waals surface area contributed by atoms with Crippen LogP contribution in [0, 0.1) is 17.3 Å². The Hall–Kier alpha value is -4.51. The molecule has 340 valence electrons. The molecule has 5 atom stereocenters. The van der Waals surface area contributed by atoms with Gasteiger partial charge in [-0.3, -0.25) is 10.1 Å². The Morgan fingerprint density at radius 2 is 1.67 bits per heavy atom. The summed E-state index contributed by atoms with van der Waals surface area (Å²) in [7, 11) is 2.91. The third-order valence-corrected chi connectivity index (χ3v) is 13.9. The minimum absolute atomic E-state index is 0.0870. The molecule has 3 aliphatic carbocycles. The smallest absolute Gasteiger partial charge is 0.482 e. The average molecular weight is 887 g/mol. The number of thiazole rings is 1. The molecule has 8 rings (SSSR count). The maximum absolute atomic E-state index is 14.8. The lowest BCUT2D eigenvalue weighted by atomic mass is 9.43. The first-order valence-corrected chi connectivity index (χ1v) is 23.0. The first-order valence-electron chi connectivity index (χ1n) is 22.2. The lowest BCUT2D eigenvalue weighted by Gasteiger charge is -2.64. The summed E-state index contributed by atoms with van der Waals surface area (Å²) in [6.45, 7) is 20.3. The van der Waals surface area contributed by atoms with Crippen molar-refractivity contribution in [2.75, 3.05) is 32.6 Å². The number of carbonyl (C=O) groups excluding carboxylic acids is 3. The molecule has 63 heavy (non-hydrogen) atoms. The number of benzene rings is 2. The molecule has 16 heteroatoms. The van der Waals surface area contributed by atoms with Gasteiger partial charge in [0.05, 0.1) is 44.9 Å². The largest absolute Gasteiger partial charge is 0.496 e. The number of aromatic nitrogens is 1. The van der Waals surface area contributed by atoms with Crippen LogP contribution in [-0.4, -0.2) is 96.4 Å². The Morgan fingerprint density at radius 3 is 2.32 bits per heavy atom. The molecule has 2 N–H and O–H groups in total. The number of carbonyl (C=O) groups is 3. The van der Waals surface area contributed by atoms with Crippen LogP contribution in [0.2, 0.25) is 0 Å². The summed E-state index contributed by atoms with van der Waals surface area (Å²) < 4.78 is 32.3. The van der Waals surface area contributed by atoms with Crippen LogP contribution in [0.5, 0.6) is 5.75 Å². The number of anilines is 1. The second-order valence-corrected chi connectivity index (χ2v) is 21.6. The Morgan fingerprint density at radius 1 is 0.984 bits per heavy atom. The van der Waals surface area contributed by atoms with Crippen molar-refractivity contribution in [2.45, 2.75) is 136 Å². The van der Waals surface area contributed by atoms with E-state index in [4.69, 9.17) is 28.4 Å². The molecule has 0 spiro atoms. The van der Waals surface area contributed by atoms with Gasteiger partial charge >= 0.3 is 19.2 Å². The van der Waals surface area contributed by atoms with Crippen LogP contribution < -0.4 is 15.4 Å². The van der Waals surface area contributed by atoms with Gasteiger partial charge < -0.3 is 38.2 Å². The lowest BCUT2D eigenvalue weighted by molar-refractivity contribution is -0.910. The fraction of sp³-hybridized carbons (Fsp3) is 0.596. The van der Waals surface area contributed by atoms with E-state index in [2.05, 4.69) is 48.6 Å². The summed E-state index contributed by atoms with van der Waals surface area (Å²) in [5.74, 6) is -0.712. The van der Waals surface area contributed by atoms with Crippen LogP contribution in [0.4, 0.5) is 9.93 Å². The van der Waals surface area contributed by atoms with E-state index in [1.54, 1.807) is 33.3 Å². The number of ether oxygens (including phenoxy) is 3. The molecule has 1 unspecified atom stereocenters. The predicted octanol–water partition coefficient (Wildman–Crippen LogP) is 8.11. The molecule has 2 aliphatic heterocycles. The molecular formula is C47H65BN5O9S+. The van der Waals surface area contributed by atoms with Crippen LogP contribution in [0.1, 0.15) is 121 Å². The normalized spacial score (nSPS) is 24.1. The Kier molecular flexibility index (Phi) is 13.1. The monoisotopic (exact) mass is 886 g/mol. The van der Waals surface area contributed by atoms with E-state index in [1.165, 1.54) is 0 Å². The second kappa shape index (κ2) is 17.8. The molecule has 2 aromatic carbocycles. The minimum Gasteiger partial charge on any atom is -0.496 e. The fourth-order valence-electron chi connectivity index (χ4n) is 9.95. The fourth-order valence-corrected chi connectivity index (χ4v) is 10.6. The number of quaternary nitrogens is 1. The quantitative estimate of drug-likeness (QED) is 0.0533. The molecule has 3 aromatic rings. The van der Waals surface area contributed by atoms with Crippen molar-refractivity contribution in [3.63, 3.8) is 0 Å². The number of nitrogens with one attached hydrogen (secondary N) is 2. The molecule has 2 saturated heterocycles. The number of esters is 1. The number of hydrogen-bond acceptors (Lipinski definition) is 12. The first kappa shape index (κ1) is 46.5. The third kappa shape index (κ3) is 10.4. The third-order valence-electron chi connectivity index (χ3n) is 13.2. The average Bonchev–Trinajstić information content (AvgIpc) is 3.93. The Bertz CT molecular complexity index is 2200. The number of amides is 2. The van der Waals surface area contributed by atoms with Gasteiger partial charge in [0, 0.05) is 23.8 Å². The highest BCUT2D eigenvalue weighted by Gasteiger charge is 2.68. The van der Waals surface area contributed by atoms with E-state index in [0.717, 1.165) is 65.7 Å². The van der Waals surface area contributed by atoms with Crippen LogP contribution >= 0.6 is 11.3 Å². The zero-order valence-corrected chi connectivity index (χ0v) is 39.6. The van der Waals surface area contributed by atoms with Gasteiger partial charge in [0.1, 0.15) is 41.4 Å². The minimum atomic E-state index is -0.867. The maximum atomic E-state index is 14.8. The van der Waals surface area contributed by atoms with E-state index >= 15 is 0 Å². The molecular weight excluding hydrogens is 821 g/mol. The molecule has 3 heterocycles. The predicted molar refractivity (Wildman–Crippen MR) is 243 cm³/mol. The molecule has 3 saturated carbocycles. The van der Waals surface area contributed by atoms with Crippen LogP contribution in [0.3, 0.4) is 0 Å². The summed E-state index contributed by atoms with van der Waals surface area (Å²) in [6, 6.07) is 13.4. The summed E-state index contributed by atoms with van der Waals surface area (Å²) in [6.07, 6.45) is 3.47. The zero-order chi connectivity index (χ0) is 45.5. The highest BCUT2D eigenvalue weighted by molar-refractivity contribution is 7.14. The summed E-state index contributed by atoms with van der Waals surface area (Å²) in [5.41, 5.74) is 0.835. The number of likely N-dealkylation sites (tertiary alicyclic amines) is 1. The van der Waals surface area contributed by atoms with Gasteiger partial charge in [0.2, 0.25) is 0 Å². The Labute approximate surface area is 376 Å². The highest BCUT2D eigenvalue weighted by atomic mass is 32.1. The lowest BCUT2D eigenvalue weighted by Crippen LogP contribution is -2.65. The van der Waals surface area contributed by atoms with Crippen molar-refractivity contribution in [3.05, 3.63) is 75.8 Å².